The number of ether oxygens (including phenoxy) is 1. The fourth-order valence-corrected chi connectivity index (χ4v) is 2.54. The van der Waals surface area contributed by atoms with E-state index in [-0.39, 0.29) is 6.42 Å². The van der Waals surface area contributed by atoms with Crippen molar-refractivity contribution in [2.75, 3.05) is 20.3 Å². The highest BCUT2D eigenvalue weighted by Gasteiger charge is 2.30. The first kappa shape index (κ1) is 17.5. The maximum Gasteiger partial charge on any atom is 0.389 e. The molecule has 1 atom stereocenters. The molecule has 0 aliphatic heterocycles. The van der Waals surface area contributed by atoms with Crippen LogP contribution in [0.3, 0.4) is 0 Å². The van der Waals surface area contributed by atoms with Gasteiger partial charge >= 0.3 is 6.18 Å². The van der Waals surface area contributed by atoms with Crippen LogP contribution < -0.4 is 5.32 Å². The first-order valence-electron chi connectivity index (χ1n) is 6.39. The van der Waals surface area contributed by atoms with Crippen LogP contribution in [0.5, 0.6) is 0 Å². The molecule has 0 spiro atoms. The Hall–Kier alpha value is -0.600. The van der Waals surface area contributed by atoms with Gasteiger partial charge in [-0.15, -0.1) is 0 Å². The molecule has 1 aromatic rings. The molecule has 0 bridgehead atoms. The lowest BCUT2D eigenvalue weighted by Crippen LogP contribution is -2.26. The number of nitrogens with zero attached hydrogens (tertiary/aromatic N) is 2. The minimum absolute atomic E-state index is 0.0192. The molecule has 0 aliphatic carbocycles. The van der Waals surface area contributed by atoms with Gasteiger partial charge in [0.25, 0.3) is 0 Å². The Morgan fingerprint density at radius 1 is 1.50 bits per heavy atom. The van der Waals surface area contributed by atoms with E-state index in [9.17, 15) is 13.2 Å². The minimum Gasteiger partial charge on any atom is -0.383 e. The van der Waals surface area contributed by atoms with Gasteiger partial charge in [-0.2, -0.15) is 18.3 Å². The molecule has 0 amide bonds. The molecule has 1 unspecified atom stereocenters. The van der Waals surface area contributed by atoms with Crippen molar-refractivity contribution in [1.29, 1.82) is 0 Å². The molecule has 0 radical (unpaired) electrons. The number of halogens is 4. The average molecular weight is 358 g/mol. The molecule has 1 heterocycles. The highest BCUT2D eigenvalue weighted by Crippen LogP contribution is 2.31. The zero-order chi connectivity index (χ0) is 15.2. The van der Waals surface area contributed by atoms with Crippen molar-refractivity contribution in [2.45, 2.75) is 38.5 Å². The van der Waals surface area contributed by atoms with Crippen LogP contribution >= 0.6 is 15.9 Å². The van der Waals surface area contributed by atoms with Crippen molar-refractivity contribution >= 4 is 15.9 Å². The molecular formula is C12H19BrF3N3O. The van der Waals surface area contributed by atoms with Crippen LogP contribution in [0.15, 0.2) is 10.7 Å². The van der Waals surface area contributed by atoms with Crippen LogP contribution in [0.2, 0.25) is 0 Å². The van der Waals surface area contributed by atoms with Gasteiger partial charge in [0.05, 0.1) is 35.6 Å². The number of aromatic nitrogens is 2. The summed E-state index contributed by atoms with van der Waals surface area (Å²) in [5.41, 5.74) is 0.730. The second-order valence-electron chi connectivity index (χ2n) is 4.36. The summed E-state index contributed by atoms with van der Waals surface area (Å²) in [6.07, 6.45) is -3.40. The highest BCUT2D eigenvalue weighted by molar-refractivity contribution is 9.10. The molecule has 0 saturated carbocycles. The number of alkyl halides is 3. The minimum atomic E-state index is -4.16. The maximum absolute atomic E-state index is 12.4. The number of hydrogen-bond donors (Lipinski definition) is 1. The monoisotopic (exact) mass is 357 g/mol. The number of rotatable bonds is 8. The molecule has 0 saturated heterocycles. The van der Waals surface area contributed by atoms with Crippen LogP contribution in [0.4, 0.5) is 13.2 Å². The van der Waals surface area contributed by atoms with Gasteiger partial charge in [-0.3, -0.25) is 4.68 Å². The predicted octanol–water partition coefficient (Wildman–Crippen LogP) is 3.29. The Morgan fingerprint density at radius 2 is 2.20 bits per heavy atom. The van der Waals surface area contributed by atoms with Gasteiger partial charge in [0.15, 0.2) is 0 Å². The van der Waals surface area contributed by atoms with E-state index in [1.54, 1.807) is 18.0 Å². The van der Waals surface area contributed by atoms with E-state index in [0.717, 1.165) is 5.69 Å². The van der Waals surface area contributed by atoms with Crippen molar-refractivity contribution in [2.24, 2.45) is 0 Å². The molecule has 1 N–H and O–H groups in total. The molecule has 116 valence electrons. The third-order valence-corrected chi connectivity index (χ3v) is 3.45. The van der Waals surface area contributed by atoms with Gasteiger partial charge in [0.2, 0.25) is 0 Å². The molecule has 0 aromatic carbocycles. The Bertz CT molecular complexity index is 409. The fraction of sp³-hybridized carbons (Fsp3) is 0.750. The predicted molar refractivity (Wildman–Crippen MR) is 73.5 cm³/mol. The van der Waals surface area contributed by atoms with Crippen molar-refractivity contribution in [3.63, 3.8) is 0 Å². The van der Waals surface area contributed by atoms with E-state index < -0.39 is 18.6 Å². The molecular weight excluding hydrogens is 339 g/mol. The van der Waals surface area contributed by atoms with Gasteiger partial charge < -0.3 is 10.1 Å². The van der Waals surface area contributed by atoms with Crippen molar-refractivity contribution < 1.29 is 17.9 Å². The molecule has 20 heavy (non-hydrogen) atoms. The fourth-order valence-electron chi connectivity index (χ4n) is 1.96. The van der Waals surface area contributed by atoms with Gasteiger partial charge in [0.1, 0.15) is 0 Å². The second kappa shape index (κ2) is 7.99. The average Bonchev–Trinajstić information content (AvgIpc) is 2.72. The molecule has 1 rings (SSSR count). The Balaban J connectivity index is 2.86. The largest absolute Gasteiger partial charge is 0.389 e. The summed E-state index contributed by atoms with van der Waals surface area (Å²) in [6, 6.07) is -0.393. The molecule has 1 aromatic heterocycles. The van der Waals surface area contributed by atoms with Crippen molar-refractivity contribution in [3.8, 4) is 0 Å². The third-order valence-electron chi connectivity index (χ3n) is 2.84. The summed E-state index contributed by atoms with van der Waals surface area (Å²) < 4.78 is 44.6. The third kappa shape index (κ3) is 5.41. The topological polar surface area (TPSA) is 39.1 Å². The number of nitrogens with one attached hydrogen (secondary N) is 1. The van der Waals surface area contributed by atoms with E-state index in [1.807, 2.05) is 6.92 Å². The van der Waals surface area contributed by atoms with Gasteiger partial charge in [-0.25, -0.2) is 0 Å². The lowest BCUT2D eigenvalue weighted by atomic mass is 10.1. The van der Waals surface area contributed by atoms with Gasteiger partial charge in [-0.05, 0) is 28.9 Å². The molecule has 0 aliphatic rings. The summed E-state index contributed by atoms with van der Waals surface area (Å²) in [7, 11) is 1.57. The van der Waals surface area contributed by atoms with E-state index in [1.165, 1.54) is 0 Å². The van der Waals surface area contributed by atoms with Crippen LogP contribution in [0.25, 0.3) is 0 Å². The summed E-state index contributed by atoms with van der Waals surface area (Å²) in [5, 5.41) is 7.25. The smallest absolute Gasteiger partial charge is 0.383 e. The number of hydrogen-bond acceptors (Lipinski definition) is 3. The number of methoxy groups -OCH3 is 1. The molecule has 4 nitrogen and oxygen atoms in total. The normalized spacial score (nSPS) is 13.7. The van der Waals surface area contributed by atoms with Crippen molar-refractivity contribution in [3.05, 3.63) is 16.4 Å². The van der Waals surface area contributed by atoms with Gasteiger partial charge in [-0.1, -0.05) is 6.92 Å². The van der Waals surface area contributed by atoms with E-state index in [4.69, 9.17) is 4.74 Å². The van der Waals surface area contributed by atoms with E-state index in [2.05, 4.69) is 26.3 Å². The summed E-state index contributed by atoms with van der Waals surface area (Å²) >= 11 is 3.35. The summed E-state index contributed by atoms with van der Waals surface area (Å²) in [5.74, 6) is 0. The first-order chi connectivity index (χ1) is 9.39. The van der Waals surface area contributed by atoms with Crippen LogP contribution in [-0.4, -0.2) is 36.2 Å². The zero-order valence-electron chi connectivity index (χ0n) is 11.5. The van der Waals surface area contributed by atoms with E-state index >= 15 is 0 Å². The maximum atomic E-state index is 12.4. The first-order valence-corrected chi connectivity index (χ1v) is 7.18. The van der Waals surface area contributed by atoms with Crippen molar-refractivity contribution in [1.82, 2.24) is 15.1 Å². The molecule has 0 fully saturated rings. The standard InChI is InChI=1S/C12H19BrF3N3O/c1-3-17-10(4-5-12(14,15)16)11-9(13)8-18-19(11)6-7-20-2/h8,10,17H,3-7H2,1-2H3. The van der Waals surface area contributed by atoms with Gasteiger partial charge in [0, 0.05) is 13.5 Å². The molecule has 8 heteroatoms. The van der Waals surface area contributed by atoms with E-state index in [0.29, 0.717) is 24.2 Å². The quantitative estimate of drug-likeness (QED) is 0.775. The zero-order valence-corrected chi connectivity index (χ0v) is 13.1. The summed E-state index contributed by atoms with van der Waals surface area (Å²) in [6.45, 7) is 3.42. The Morgan fingerprint density at radius 3 is 2.75 bits per heavy atom. The van der Waals surface area contributed by atoms with Crippen LogP contribution in [0.1, 0.15) is 31.5 Å². The Kier molecular flexibility index (Phi) is 6.97. The SMILES string of the molecule is CCNC(CCC(F)(F)F)c1c(Br)cnn1CCOC. The van der Waals surface area contributed by atoms with Crippen LogP contribution in [0, 0.1) is 0 Å². The lowest BCUT2D eigenvalue weighted by Gasteiger charge is -2.21. The lowest BCUT2D eigenvalue weighted by molar-refractivity contribution is -0.136. The highest BCUT2D eigenvalue weighted by atomic mass is 79.9. The Labute approximate surface area is 124 Å². The second-order valence-corrected chi connectivity index (χ2v) is 5.21. The summed E-state index contributed by atoms with van der Waals surface area (Å²) in [4.78, 5) is 0. The van der Waals surface area contributed by atoms with Crippen LogP contribution in [-0.2, 0) is 11.3 Å².